The van der Waals surface area contributed by atoms with Crippen LogP contribution in [0.1, 0.15) is 16.7 Å². The second-order valence-electron chi connectivity index (χ2n) is 10.2. The third-order valence-electron chi connectivity index (χ3n) is 6.69. The maximum absolute atomic E-state index is 13.1. The monoisotopic (exact) mass is 626 g/mol. The summed E-state index contributed by atoms with van der Waals surface area (Å²) < 4.78 is 26.2. The first-order valence-electron chi connectivity index (χ1n) is 14.0. The van der Waals surface area contributed by atoms with Gasteiger partial charge in [-0.05, 0) is 89.5 Å². The largest absolute Gasteiger partial charge is 1.00 e. The number of nitrogens with zero attached hydrogens (tertiary/aromatic N) is 1. The van der Waals surface area contributed by atoms with Crippen molar-refractivity contribution in [1.82, 2.24) is 4.90 Å². The zero-order valence-electron chi connectivity index (χ0n) is 24.1. The molecular formula is C35H31ClF2N5O2-. The van der Waals surface area contributed by atoms with Gasteiger partial charge in [-0.15, -0.1) is 0 Å². The first-order chi connectivity index (χ1) is 21.4. The van der Waals surface area contributed by atoms with Gasteiger partial charge in [0.1, 0.15) is 11.6 Å². The smallest absolute Gasteiger partial charge is 0.323 e. The van der Waals surface area contributed by atoms with E-state index in [2.05, 4.69) is 38.3 Å². The summed E-state index contributed by atoms with van der Waals surface area (Å²) in [5.41, 5.74) is 5.58. The molecular weight excluding hydrogens is 596 g/mol. The van der Waals surface area contributed by atoms with E-state index in [1.165, 1.54) is 54.1 Å². The summed E-state index contributed by atoms with van der Waals surface area (Å²) in [7, 11) is 0. The van der Waals surface area contributed by atoms with Gasteiger partial charge >= 0.3 is 12.1 Å². The van der Waals surface area contributed by atoms with Gasteiger partial charge in [0.2, 0.25) is 0 Å². The Labute approximate surface area is 266 Å². The number of carbonyl (C=O) groups is 2. The first-order valence-corrected chi connectivity index (χ1v) is 14.0. The van der Waals surface area contributed by atoms with Crippen molar-refractivity contribution in [3.63, 3.8) is 0 Å². The molecule has 0 spiro atoms. The molecule has 0 saturated heterocycles. The minimum absolute atomic E-state index is 0. The Hall–Kier alpha value is -5.25. The van der Waals surface area contributed by atoms with Crippen LogP contribution in [-0.2, 0) is 19.6 Å². The molecule has 0 atom stereocenters. The lowest BCUT2D eigenvalue weighted by atomic mass is 10.1. The van der Waals surface area contributed by atoms with Gasteiger partial charge < -0.3 is 33.7 Å². The fraction of sp³-hybridized carbons (Fsp3) is 0.0857. The molecule has 5 aromatic rings. The van der Waals surface area contributed by atoms with Crippen molar-refractivity contribution >= 4 is 34.8 Å². The Morgan fingerprint density at radius 3 is 1.07 bits per heavy atom. The highest BCUT2D eigenvalue weighted by atomic mass is 35.5. The zero-order valence-corrected chi connectivity index (χ0v) is 24.9. The summed E-state index contributed by atoms with van der Waals surface area (Å²) in [6, 6.07) is 35.8. The Bertz CT molecular complexity index is 1560. The van der Waals surface area contributed by atoms with E-state index in [0.717, 1.165) is 17.7 Å². The van der Waals surface area contributed by atoms with Crippen LogP contribution in [-0.4, -0.2) is 17.0 Å². The van der Waals surface area contributed by atoms with Gasteiger partial charge in [0, 0.05) is 42.4 Å². The summed E-state index contributed by atoms with van der Waals surface area (Å²) >= 11 is 0. The van der Waals surface area contributed by atoms with Gasteiger partial charge in [0.25, 0.3) is 0 Å². The number of halogens is 3. The van der Waals surface area contributed by atoms with Crippen molar-refractivity contribution in [1.29, 1.82) is 0 Å². The third-order valence-corrected chi connectivity index (χ3v) is 6.69. The lowest BCUT2D eigenvalue weighted by molar-refractivity contribution is -0.0000158. The highest BCUT2D eigenvalue weighted by molar-refractivity contribution is 6.00. The molecule has 10 heteroatoms. The van der Waals surface area contributed by atoms with Crippen LogP contribution in [0.15, 0.2) is 127 Å². The van der Waals surface area contributed by atoms with Gasteiger partial charge in [-0.25, -0.2) is 18.4 Å². The van der Waals surface area contributed by atoms with Crippen LogP contribution in [0, 0.1) is 11.6 Å². The molecule has 0 unspecified atom stereocenters. The van der Waals surface area contributed by atoms with E-state index in [4.69, 9.17) is 0 Å². The SMILES string of the molecule is O=C(Nc1ccc(F)cc1)Nc1ccc(CN(Cc2ccccc2)Cc2ccc(NC(=O)Nc3ccc(F)cc3)cc2)cc1.[Cl-]. The fourth-order valence-electron chi connectivity index (χ4n) is 4.57. The number of benzene rings is 5. The van der Waals surface area contributed by atoms with E-state index >= 15 is 0 Å². The van der Waals surface area contributed by atoms with Crippen molar-refractivity contribution in [2.75, 3.05) is 21.3 Å². The van der Waals surface area contributed by atoms with Crippen molar-refractivity contribution in [2.45, 2.75) is 19.6 Å². The number of hydrogen-bond donors (Lipinski definition) is 4. The average molecular weight is 627 g/mol. The van der Waals surface area contributed by atoms with Gasteiger partial charge in [-0.2, -0.15) is 0 Å². The van der Waals surface area contributed by atoms with Gasteiger partial charge in [-0.3, -0.25) is 4.90 Å². The molecule has 4 amide bonds. The zero-order chi connectivity index (χ0) is 30.7. The summed E-state index contributed by atoms with van der Waals surface area (Å²) in [5, 5.41) is 10.9. The van der Waals surface area contributed by atoms with Gasteiger partial charge in [-0.1, -0.05) is 54.6 Å². The number of nitrogens with one attached hydrogen (secondary N) is 4. The topological polar surface area (TPSA) is 85.5 Å². The molecule has 0 aliphatic carbocycles. The number of urea groups is 2. The quantitative estimate of drug-likeness (QED) is 0.166. The number of anilines is 4. The second-order valence-corrected chi connectivity index (χ2v) is 10.2. The molecule has 230 valence electrons. The Balaban J connectivity index is 0.00000461. The average Bonchev–Trinajstić information content (AvgIpc) is 3.02. The molecule has 5 aromatic carbocycles. The van der Waals surface area contributed by atoms with Crippen molar-refractivity contribution in [2.24, 2.45) is 0 Å². The molecule has 5 rings (SSSR count). The van der Waals surface area contributed by atoms with E-state index in [0.29, 0.717) is 35.8 Å². The lowest BCUT2D eigenvalue weighted by Gasteiger charge is -2.23. The third kappa shape index (κ3) is 10.5. The van der Waals surface area contributed by atoms with Crippen LogP contribution in [0.5, 0.6) is 0 Å². The Morgan fingerprint density at radius 2 is 0.733 bits per heavy atom. The van der Waals surface area contributed by atoms with E-state index in [-0.39, 0.29) is 24.0 Å². The predicted octanol–water partition coefficient (Wildman–Crippen LogP) is 5.46. The minimum Gasteiger partial charge on any atom is -1.00 e. The predicted molar refractivity (Wildman–Crippen MR) is 170 cm³/mol. The maximum Gasteiger partial charge on any atom is 0.323 e. The highest BCUT2D eigenvalue weighted by Gasteiger charge is 2.11. The van der Waals surface area contributed by atoms with Gasteiger partial charge in [0.15, 0.2) is 0 Å². The molecule has 0 fully saturated rings. The highest BCUT2D eigenvalue weighted by Crippen LogP contribution is 2.19. The van der Waals surface area contributed by atoms with Crippen LogP contribution in [0.3, 0.4) is 0 Å². The minimum atomic E-state index is -0.416. The van der Waals surface area contributed by atoms with E-state index in [9.17, 15) is 18.4 Å². The Morgan fingerprint density at radius 1 is 0.444 bits per heavy atom. The maximum atomic E-state index is 13.1. The second kappa shape index (κ2) is 16.0. The van der Waals surface area contributed by atoms with E-state index in [1.54, 1.807) is 0 Å². The summed E-state index contributed by atoms with van der Waals surface area (Å²) in [4.78, 5) is 27.0. The van der Waals surface area contributed by atoms with Crippen molar-refractivity contribution in [3.8, 4) is 0 Å². The van der Waals surface area contributed by atoms with Crippen LogP contribution in [0.4, 0.5) is 41.1 Å². The summed E-state index contributed by atoms with van der Waals surface area (Å²) in [5.74, 6) is -0.739. The van der Waals surface area contributed by atoms with E-state index in [1.807, 2.05) is 66.7 Å². The van der Waals surface area contributed by atoms with Crippen molar-refractivity contribution in [3.05, 3.63) is 156 Å². The molecule has 0 bridgehead atoms. The summed E-state index contributed by atoms with van der Waals surface area (Å²) in [6.07, 6.45) is 0. The molecule has 4 N–H and O–H groups in total. The fourth-order valence-corrected chi connectivity index (χ4v) is 4.57. The molecule has 0 aliphatic heterocycles. The molecule has 0 aromatic heterocycles. The summed E-state index contributed by atoms with van der Waals surface area (Å²) in [6.45, 7) is 2.05. The van der Waals surface area contributed by atoms with Crippen LogP contribution >= 0.6 is 0 Å². The Kier molecular flexibility index (Phi) is 11.6. The number of carbonyl (C=O) groups excluding carboxylic acids is 2. The molecule has 45 heavy (non-hydrogen) atoms. The number of amides is 4. The van der Waals surface area contributed by atoms with Crippen LogP contribution in [0.25, 0.3) is 0 Å². The van der Waals surface area contributed by atoms with Gasteiger partial charge in [0.05, 0.1) is 0 Å². The molecule has 0 radical (unpaired) electrons. The molecule has 7 nitrogen and oxygen atoms in total. The normalized spacial score (nSPS) is 10.5. The van der Waals surface area contributed by atoms with Crippen LogP contribution < -0.4 is 33.7 Å². The molecule has 0 aliphatic rings. The number of hydrogen-bond acceptors (Lipinski definition) is 3. The first kappa shape index (κ1) is 32.7. The van der Waals surface area contributed by atoms with Crippen molar-refractivity contribution < 1.29 is 30.8 Å². The standard InChI is InChI=1S/C35H31F2N5O2.ClH/c36-28-10-18-32(19-11-28)40-34(43)38-30-14-6-26(7-15-30)23-42(22-25-4-2-1-3-5-25)24-27-8-16-31(17-9-27)39-35(44)41-33-20-12-29(37)13-21-33;/h1-21H,22-24H2,(H2,38,40,43)(H2,39,41,44);1H/p-1. The number of rotatable bonds is 10. The lowest BCUT2D eigenvalue weighted by Crippen LogP contribution is -3.00. The van der Waals surface area contributed by atoms with E-state index < -0.39 is 12.1 Å². The molecule has 0 heterocycles. The molecule has 0 saturated carbocycles. The van der Waals surface area contributed by atoms with Crippen LogP contribution in [0.2, 0.25) is 0 Å².